The lowest BCUT2D eigenvalue weighted by Crippen LogP contribution is -2.13. The third kappa shape index (κ3) is 3.68. The van der Waals surface area contributed by atoms with Crippen LogP contribution in [0.4, 0.5) is 5.69 Å². The van der Waals surface area contributed by atoms with Gasteiger partial charge in [-0.1, -0.05) is 35.6 Å². The zero-order chi connectivity index (χ0) is 19.5. The molecule has 0 aliphatic heterocycles. The van der Waals surface area contributed by atoms with Gasteiger partial charge in [0.15, 0.2) is 0 Å². The summed E-state index contributed by atoms with van der Waals surface area (Å²) in [6, 6.07) is 15.9. The van der Waals surface area contributed by atoms with Crippen molar-refractivity contribution < 1.29 is 4.79 Å². The van der Waals surface area contributed by atoms with Crippen LogP contribution >= 0.6 is 11.3 Å². The summed E-state index contributed by atoms with van der Waals surface area (Å²) >= 11 is 1.52. The molecule has 28 heavy (non-hydrogen) atoms. The van der Waals surface area contributed by atoms with Crippen LogP contribution in [-0.4, -0.2) is 21.1 Å². The van der Waals surface area contributed by atoms with Crippen molar-refractivity contribution in [2.24, 2.45) is 0 Å². The average Bonchev–Trinajstić information content (AvgIpc) is 3.24. The van der Waals surface area contributed by atoms with E-state index in [1.165, 1.54) is 16.9 Å². The van der Waals surface area contributed by atoms with Crippen molar-refractivity contribution in [3.05, 3.63) is 83.1 Å². The van der Waals surface area contributed by atoms with E-state index in [0.29, 0.717) is 5.56 Å². The van der Waals surface area contributed by atoms with Crippen molar-refractivity contribution in [3.8, 4) is 21.7 Å². The van der Waals surface area contributed by atoms with Crippen molar-refractivity contribution >= 4 is 22.9 Å². The number of pyridine rings is 1. The average molecular weight is 386 g/mol. The first-order chi connectivity index (χ1) is 13.6. The summed E-state index contributed by atoms with van der Waals surface area (Å²) in [5.74, 6) is -0.137. The number of hydrogen-bond donors (Lipinski definition) is 1. The molecule has 1 amide bonds. The highest BCUT2D eigenvalue weighted by Gasteiger charge is 2.10. The number of carbonyl (C=O) groups excluding carboxylic acids is 1. The van der Waals surface area contributed by atoms with Crippen LogP contribution < -0.4 is 5.32 Å². The zero-order valence-electron chi connectivity index (χ0n) is 15.5. The Kier molecular flexibility index (Phi) is 4.95. The smallest absolute Gasteiger partial charge is 0.256 e. The topological polar surface area (TPSA) is 67.8 Å². The Hall–Kier alpha value is -3.38. The molecule has 0 bridgehead atoms. The first-order valence-electron chi connectivity index (χ1n) is 8.81. The van der Waals surface area contributed by atoms with Gasteiger partial charge >= 0.3 is 0 Å². The quantitative estimate of drug-likeness (QED) is 0.527. The number of amides is 1. The van der Waals surface area contributed by atoms with Gasteiger partial charge in [-0.2, -0.15) is 0 Å². The Morgan fingerprint density at radius 2 is 1.75 bits per heavy atom. The fraction of sp³-hybridized carbons (Fsp3) is 0.0909. The summed E-state index contributed by atoms with van der Waals surface area (Å²) in [5.41, 5.74) is 8.41. The molecule has 0 atom stereocenters. The van der Waals surface area contributed by atoms with Crippen molar-refractivity contribution in [1.29, 1.82) is 0 Å². The van der Waals surface area contributed by atoms with E-state index in [9.17, 15) is 4.79 Å². The number of benzene rings is 2. The molecule has 0 saturated carbocycles. The van der Waals surface area contributed by atoms with Gasteiger partial charge in [-0.3, -0.25) is 9.78 Å². The van der Waals surface area contributed by atoms with Crippen LogP contribution in [0.1, 0.15) is 21.5 Å². The number of nitrogens with zero attached hydrogens (tertiary/aromatic N) is 3. The molecule has 4 rings (SSSR count). The third-order valence-electron chi connectivity index (χ3n) is 4.56. The molecule has 2 aromatic heterocycles. The second kappa shape index (κ2) is 7.70. The van der Waals surface area contributed by atoms with Gasteiger partial charge in [0.25, 0.3) is 5.91 Å². The van der Waals surface area contributed by atoms with Crippen molar-refractivity contribution in [2.75, 3.05) is 5.32 Å². The fourth-order valence-corrected chi connectivity index (χ4v) is 3.58. The van der Waals surface area contributed by atoms with Crippen molar-refractivity contribution in [2.45, 2.75) is 13.8 Å². The molecular weight excluding hydrogens is 368 g/mol. The molecule has 0 fully saturated rings. The Morgan fingerprint density at radius 3 is 2.46 bits per heavy atom. The van der Waals surface area contributed by atoms with Crippen LogP contribution in [0.5, 0.6) is 0 Å². The number of nitrogens with one attached hydrogen (secondary N) is 1. The van der Waals surface area contributed by atoms with E-state index in [2.05, 4.69) is 45.6 Å². The maximum Gasteiger partial charge on any atom is 0.256 e. The van der Waals surface area contributed by atoms with Crippen LogP contribution in [-0.2, 0) is 0 Å². The SMILES string of the molecule is Cc1cnccc1C(=O)Nc1ccc(-c2cc(-c3nncs3)ccc2C)cc1. The van der Waals surface area contributed by atoms with E-state index in [0.717, 1.165) is 32.9 Å². The number of carbonyl (C=O) groups is 1. The largest absolute Gasteiger partial charge is 0.322 e. The van der Waals surface area contributed by atoms with E-state index >= 15 is 0 Å². The molecule has 138 valence electrons. The first kappa shape index (κ1) is 18.0. The third-order valence-corrected chi connectivity index (χ3v) is 5.30. The van der Waals surface area contributed by atoms with E-state index in [4.69, 9.17) is 0 Å². The summed E-state index contributed by atoms with van der Waals surface area (Å²) in [7, 11) is 0. The molecule has 6 heteroatoms. The van der Waals surface area contributed by atoms with Gasteiger partial charge in [0.2, 0.25) is 0 Å². The Morgan fingerprint density at radius 1 is 0.964 bits per heavy atom. The molecule has 2 aromatic carbocycles. The number of hydrogen-bond acceptors (Lipinski definition) is 5. The van der Waals surface area contributed by atoms with Gasteiger partial charge in [0, 0.05) is 29.2 Å². The zero-order valence-corrected chi connectivity index (χ0v) is 16.3. The number of aromatic nitrogens is 3. The predicted molar refractivity (Wildman–Crippen MR) is 112 cm³/mol. The van der Waals surface area contributed by atoms with Gasteiger partial charge in [-0.25, -0.2) is 0 Å². The second-order valence-corrected chi connectivity index (χ2v) is 7.33. The highest BCUT2D eigenvalue weighted by molar-refractivity contribution is 7.12. The maximum absolute atomic E-state index is 12.5. The normalized spacial score (nSPS) is 10.6. The fourth-order valence-electron chi connectivity index (χ4n) is 3.02. The standard InChI is InChI=1S/C22H18N4OS/c1-14-3-4-17(22-26-24-13-28-22)11-20(14)16-5-7-18(8-6-16)25-21(27)19-9-10-23-12-15(19)2/h3-13H,1-2H3,(H,25,27). The van der Waals surface area contributed by atoms with Crippen molar-refractivity contribution in [3.63, 3.8) is 0 Å². The monoisotopic (exact) mass is 386 g/mol. The van der Waals surface area contributed by atoms with E-state index in [1.807, 2.05) is 31.2 Å². The molecule has 0 spiro atoms. The minimum atomic E-state index is -0.137. The van der Waals surface area contributed by atoms with Gasteiger partial charge in [0.1, 0.15) is 10.5 Å². The molecule has 0 aliphatic rings. The minimum Gasteiger partial charge on any atom is -0.322 e. The maximum atomic E-state index is 12.5. The highest BCUT2D eigenvalue weighted by Crippen LogP contribution is 2.30. The highest BCUT2D eigenvalue weighted by atomic mass is 32.1. The van der Waals surface area contributed by atoms with E-state index < -0.39 is 0 Å². The second-order valence-electron chi connectivity index (χ2n) is 6.50. The Labute approximate surface area is 167 Å². The molecule has 5 nitrogen and oxygen atoms in total. The summed E-state index contributed by atoms with van der Waals surface area (Å²) in [4.78, 5) is 16.5. The molecule has 1 N–H and O–H groups in total. The molecule has 4 aromatic rings. The minimum absolute atomic E-state index is 0.137. The van der Waals surface area contributed by atoms with Gasteiger partial charge in [-0.15, -0.1) is 10.2 Å². The first-order valence-corrected chi connectivity index (χ1v) is 9.69. The Bertz CT molecular complexity index is 1120. The van der Waals surface area contributed by atoms with Gasteiger partial charge in [-0.05, 0) is 60.4 Å². The lowest BCUT2D eigenvalue weighted by atomic mass is 9.98. The molecule has 0 saturated heterocycles. The van der Waals surface area contributed by atoms with Crippen LogP contribution in [0.15, 0.2) is 66.4 Å². The van der Waals surface area contributed by atoms with Crippen LogP contribution in [0.2, 0.25) is 0 Å². The number of anilines is 1. The van der Waals surface area contributed by atoms with Gasteiger partial charge in [0.05, 0.1) is 0 Å². The lowest BCUT2D eigenvalue weighted by Gasteiger charge is -2.10. The molecule has 0 aliphatic carbocycles. The Balaban J connectivity index is 1.58. The van der Waals surface area contributed by atoms with Crippen LogP contribution in [0, 0.1) is 13.8 Å². The lowest BCUT2D eigenvalue weighted by molar-refractivity contribution is 0.102. The summed E-state index contributed by atoms with van der Waals surface area (Å²) < 4.78 is 0. The van der Waals surface area contributed by atoms with Crippen LogP contribution in [0.25, 0.3) is 21.7 Å². The number of aryl methyl sites for hydroxylation is 2. The molecular formula is C22H18N4OS. The summed E-state index contributed by atoms with van der Waals surface area (Å²) in [6.07, 6.45) is 3.31. The molecule has 2 heterocycles. The van der Waals surface area contributed by atoms with E-state index in [1.54, 1.807) is 24.0 Å². The van der Waals surface area contributed by atoms with Crippen molar-refractivity contribution in [1.82, 2.24) is 15.2 Å². The van der Waals surface area contributed by atoms with Gasteiger partial charge < -0.3 is 5.32 Å². The van der Waals surface area contributed by atoms with Crippen LogP contribution in [0.3, 0.4) is 0 Å². The summed E-state index contributed by atoms with van der Waals surface area (Å²) in [5, 5.41) is 11.9. The molecule has 0 radical (unpaired) electrons. The summed E-state index contributed by atoms with van der Waals surface area (Å²) in [6.45, 7) is 3.96. The molecule has 0 unspecified atom stereocenters. The van der Waals surface area contributed by atoms with E-state index in [-0.39, 0.29) is 5.91 Å². The number of rotatable bonds is 4. The predicted octanol–water partition coefficient (Wildman–Crippen LogP) is 5.14.